The lowest BCUT2D eigenvalue weighted by atomic mass is 9.97. The Hall–Kier alpha value is -3.46. The zero-order valence-corrected chi connectivity index (χ0v) is 15.5. The standard InChI is InChI=1S/C19H20FN5O3/c1-10-13(7-23-9-15(10)21)12-5-11-6-16(25-19(26)28-4-3-27-2)24-8-14(11)18(22)17(12)20/h5-9H,3-4,21-22H2,1-2H3,(H,24,25,26). The van der Waals surface area contributed by atoms with E-state index in [1.807, 2.05) is 0 Å². The lowest BCUT2D eigenvalue weighted by Crippen LogP contribution is -2.17. The largest absolute Gasteiger partial charge is 0.447 e. The molecule has 1 aromatic carbocycles. The Balaban J connectivity index is 2.00. The molecule has 0 aliphatic rings. The van der Waals surface area contributed by atoms with E-state index in [0.717, 1.165) is 0 Å². The Morgan fingerprint density at radius 3 is 2.71 bits per heavy atom. The molecule has 146 valence electrons. The number of benzene rings is 1. The molecule has 0 saturated heterocycles. The number of methoxy groups -OCH3 is 1. The van der Waals surface area contributed by atoms with Crippen LogP contribution in [0.25, 0.3) is 21.9 Å². The van der Waals surface area contributed by atoms with Crippen molar-refractivity contribution in [2.24, 2.45) is 0 Å². The van der Waals surface area contributed by atoms with Crippen LogP contribution in [0.2, 0.25) is 0 Å². The minimum Gasteiger partial charge on any atom is -0.447 e. The van der Waals surface area contributed by atoms with E-state index >= 15 is 0 Å². The molecule has 3 aromatic rings. The number of hydrogen-bond acceptors (Lipinski definition) is 7. The van der Waals surface area contributed by atoms with E-state index in [-0.39, 0.29) is 30.3 Å². The number of rotatable bonds is 5. The maximum Gasteiger partial charge on any atom is 0.412 e. The molecule has 0 saturated carbocycles. The van der Waals surface area contributed by atoms with Crippen molar-refractivity contribution in [3.8, 4) is 11.1 Å². The third kappa shape index (κ3) is 3.79. The molecule has 0 bridgehead atoms. The van der Waals surface area contributed by atoms with Gasteiger partial charge in [-0.25, -0.2) is 14.2 Å². The molecular formula is C19H20FN5O3. The number of pyridine rings is 2. The van der Waals surface area contributed by atoms with Crippen molar-refractivity contribution >= 4 is 34.1 Å². The van der Waals surface area contributed by atoms with Gasteiger partial charge in [0.25, 0.3) is 0 Å². The molecule has 0 fully saturated rings. The Kier molecular flexibility index (Phi) is 5.55. The number of aromatic nitrogens is 2. The first-order valence-corrected chi connectivity index (χ1v) is 8.43. The molecule has 3 rings (SSSR count). The number of nitrogen functional groups attached to an aromatic ring is 2. The number of anilines is 3. The van der Waals surface area contributed by atoms with Crippen LogP contribution in [-0.4, -0.2) is 36.4 Å². The molecular weight excluding hydrogens is 365 g/mol. The van der Waals surface area contributed by atoms with Crippen molar-refractivity contribution in [3.05, 3.63) is 42.1 Å². The highest BCUT2D eigenvalue weighted by molar-refractivity contribution is 5.99. The van der Waals surface area contributed by atoms with Gasteiger partial charge in [0, 0.05) is 36.0 Å². The van der Waals surface area contributed by atoms with Crippen LogP contribution in [0, 0.1) is 12.7 Å². The Bertz CT molecular complexity index is 1040. The number of amides is 1. The number of nitrogens with two attached hydrogens (primary N) is 2. The Morgan fingerprint density at radius 1 is 1.18 bits per heavy atom. The first-order valence-electron chi connectivity index (χ1n) is 8.43. The highest BCUT2D eigenvalue weighted by Crippen LogP contribution is 2.35. The van der Waals surface area contributed by atoms with Gasteiger partial charge in [-0.15, -0.1) is 0 Å². The van der Waals surface area contributed by atoms with Crippen LogP contribution in [-0.2, 0) is 9.47 Å². The molecule has 0 aliphatic carbocycles. The van der Waals surface area contributed by atoms with Gasteiger partial charge >= 0.3 is 6.09 Å². The van der Waals surface area contributed by atoms with Crippen molar-refractivity contribution in [2.75, 3.05) is 37.1 Å². The summed E-state index contributed by atoms with van der Waals surface area (Å²) in [5.41, 5.74) is 13.8. The van der Waals surface area contributed by atoms with E-state index in [9.17, 15) is 9.18 Å². The second-order valence-corrected chi connectivity index (χ2v) is 6.10. The lowest BCUT2D eigenvalue weighted by Gasteiger charge is -2.13. The molecule has 2 heterocycles. The minimum atomic E-state index is -0.671. The third-order valence-corrected chi connectivity index (χ3v) is 4.29. The zero-order valence-electron chi connectivity index (χ0n) is 15.5. The number of fused-ring (bicyclic) bond motifs is 1. The molecule has 5 N–H and O–H groups in total. The van der Waals surface area contributed by atoms with Gasteiger partial charge in [0.2, 0.25) is 0 Å². The van der Waals surface area contributed by atoms with E-state index in [1.165, 1.54) is 25.7 Å². The molecule has 0 radical (unpaired) electrons. The van der Waals surface area contributed by atoms with Crippen LogP contribution in [0.5, 0.6) is 0 Å². The number of nitrogens with zero attached hydrogens (tertiary/aromatic N) is 2. The number of halogens is 1. The van der Waals surface area contributed by atoms with E-state index < -0.39 is 11.9 Å². The van der Waals surface area contributed by atoms with Crippen molar-refractivity contribution in [1.29, 1.82) is 0 Å². The van der Waals surface area contributed by atoms with Gasteiger partial charge in [-0.2, -0.15) is 0 Å². The molecule has 9 heteroatoms. The average Bonchev–Trinajstić information content (AvgIpc) is 2.67. The monoisotopic (exact) mass is 385 g/mol. The molecule has 1 amide bonds. The second kappa shape index (κ2) is 8.05. The van der Waals surface area contributed by atoms with E-state index in [0.29, 0.717) is 27.6 Å². The number of carbonyl (C=O) groups is 1. The molecule has 28 heavy (non-hydrogen) atoms. The van der Waals surface area contributed by atoms with Crippen molar-refractivity contribution in [2.45, 2.75) is 6.92 Å². The summed E-state index contributed by atoms with van der Waals surface area (Å²) >= 11 is 0. The Labute approximate surface area is 160 Å². The van der Waals surface area contributed by atoms with Crippen LogP contribution in [0.1, 0.15) is 5.56 Å². The fourth-order valence-electron chi connectivity index (χ4n) is 2.73. The van der Waals surface area contributed by atoms with Crippen molar-refractivity contribution in [1.82, 2.24) is 9.97 Å². The van der Waals surface area contributed by atoms with Crippen LogP contribution in [0.3, 0.4) is 0 Å². The lowest BCUT2D eigenvalue weighted by molar-refractivity contribution is 0.107. The van der Waals surface area contributed by atoms with Crippen LogP contribution in [0.4, 0.5) is 26.4 Å². The van der Waals surface area contributed by atoms with Gasteiger partial charge < -0.3 is 20.9 Å². The van der Waals surface area contributed by atoms with Gasteiger partial charge in [0.15, 0.2) is 5.82 Å². The molecule has 8 nitrogen and oxygen atoms in total. The van der Waals surface area contributed by atoms with E-state index in [1.54, 1.807) is 19.1 Å². The van der Waals surface area contributed by atoms with E-state index in [2.05, 4.69) is 15.3 Å². The highest BCUT2D eigenvalue weighted by Gasteiger charge is 2.16. The summed E-state index contributed by atoms with van der Waals surface area (Å²) in [5.74, 6) is -0.334. The summed E-state index contributed by atoms with van der Waals surface area (Å²) in [6.07, 6.45) is 3.76. The van der Waals surface area contributed by atoms with Gasteiger partial charge in [-0.05, 0) is 30.0 Å². The summed E-state index contributed by atoms with van der Waals surface area (Å²) in [6, 6.07) is 3.20. The summed E-state index contributed by atoms with van der Waals surface area (Å²) in [6.45, 7) is 2.17. The first kappa shape index (κ1) is 19.3. The predicted molar refractivity (Wildman–Crippen MR) is 105 cm³/mol. The fourth-order valence-corrected chi connectivity index (χ4v) is 2.73. The number of ether oxygens (including phenoxy) is 2. The number of carbonyl (C=O) groups excluding carboxylic acids is 1. The molecule has 0 atom stereocenters. The molecule has 0 aliphatic heterocycles. The topological polar surface area (TPSA) is 125 Å². The van der Waals surface area contributed by atoms with Crippen LogP contribution >= 0.6 is 0 Å². The molecule has 2 aromatic heterocycles. The third-order valence-electron chi connectivity index (χ3n) is 4.29. The van der Waals surface area contributed by atoms with Gasteiger partial charge in [0.1, 0.15) is 12.4 Å². The maximum absolute atomic E-state index is 14.9. The normalized spacial score (nSPS) is 10.8. The van der Waals surface area contributed by atoms with Crippen molar-refractivity contribution in [3.63, 3.8) is 0 Å². The predicted octanol–water partition coefficient (Wildman–Crippen LogP) is 3.10. The number of nitrogens with one attached hydrogen (secondary N) is 1. The Morgan fingerprint density at radius 2 is 1.96 bits per heavy atom. The molecule has 0 spiro atoms. The molecule has 0 unspecified atom stereocenters. The fraction of sp³-hybridized carbons (Fsp3) is 0.211. The average molecular weight is 385 g/mol. The summed E-state index contributed by atoms with van der Waals surface area (Å²) in [5, 5.41) is 3.53. The van der Waals surface area contributed by atoms with Crippen LogP contribution < -0.4 is 16.8 Å². The van der Waals surface area contributed by atoms with Gasteiger partial charge in [-0.3, -0.25) is 10.3 Å². The zero-order chi connectivity index (χ0) is 20.3. The quantitative estimate of drug-likeness (QED) is 0.455. The van der Waals surface area contributed by atoms with Crippen molar-refractivity contribution < 1.29 is 18.7 Å². The minimum absolute atomic E-state index is 0.0453. The number of hydrogen-bond donors (Lipinski definition) is 3. The smallest absolute Gasteiger partial charge is 0.412 e. The van der Waals surface area contributed by atoms with Gasteiger partial charge in [0.05, 0.1) is 24.2 Å². The van der Waals surface area contributed by atoms with Gasteiger partial charge in [-0.1, -0.05) is 0 Å². The first-order chi connectivity index (χ1) is 13.4. The SMILES string of the molecule is COCCOC(=O)Nc1cc2cc(-c3cncc(N)c3C)c(F)c(N)c2cn1. The summed E-state index contributed by atoms with van der Waals surface area (Å²) < 4.78 is 24.6. The highest BCUT2D eigenvalue weighted by atomic mass is 19.1. The van der Waals surface area contributed by atoms with Crippen LogP contribution in [0.15, 0.2) is 30.7 Å². The summed E-state index contributed by atoms with van der Waals surface area (Å²) in [7, 11) is 1.50. The second-order valence-electron chi connectivity index (χ2n) is 6.10. The maximum atomic E-state index is 14.9. The summed E-state index contributed by atoms with van der Waals surface area (Å²) in [4.78, 5) is 19.9. The van der Waals surface area contributed by atoms with E-state index in [4.69, 9.17) is 20.9 Å².